The molecule has 2 heteroatoms. The van der Waals surface area contributed by atoms with Crippen molar-refractivity contribution in [2.75, 3.05) is 13.7 Å². The fourth-order valence-electron chi connectivity index (χ4n) is 2.01. The van der Waals surface area contributed by atoms with E-state index < -0.39 is 0 Å². The lowest BCUT2D eigenvalue weighted by molar-refractivity contribution is 0.408. The minimum atomic E-state index is 0.556. The zero-order valence-corrected chi connectivity index (χ0v) is 11.1. The molecule has 0 aromatic heterocycles. The topological polar surface area (TPSA) is 21.3 Å². The highest BCUT2D eigenvalue weighted by molar-refractivity contribution is 5.43. The van der Waals surface area contributed by atoms with Crippen LogP contribution < -0.4 is 10.1 Å². The number of aryl methyl sites for hydroxylation is 2. The number of hydrogen-bond donors (Lipinski definition) is 1. The van der Waals surface area contributed by atoms with Crippen molar-refractivity contribution in [3.63, 3.8) is 0 Å². The number of ether oxygens (including phenoxy) is 1. The van der Waals surface area contributed by atoms with Crippen molar-refractivity contribution in [2.24, 2.45) is 0 Å². The van der Waals surface area contributed by atoms with Crippen molar-refractivity contribution in [3.05, 3.63) is 28.8 Å². The Bertz CT molecular complexity index is 322. The molecule has 90 valence electrons. The van der Waals surface area contributed by atoms with Crippen LogP contribution in [-0.4, -0.2) is 19.7 Å². The van der Waals surface area contributed by atoms with Gasteiger partial charge in [0.2, 0.25) is 0 Å². The predicted octanol–water partition coefficient (Wildman–Crippen LogP) is 2.85. The van der Waals surface area contributed by atoms with Gasteiger partial charge in [-0.3, -0.25) is 0 Å². The molecule has 0 radical (unpaired) electrons. The first-order valence-corrected chi connectivity index (χ1v) is 5.92. The Morgan fingerprint density at radius 1 is 1.19 bits per heavy atom. The summed E-state index contributed by atoms with van der Waals surface area (Å²) in [5.41, 5.74) is 3.83. The molecule has 0 spiro atoms. The minimum absolute atomic E-state index is 0.556. The quantitative estimate of drug-likeness (QED) is 0.825. The predicted molar refractivity (Wildman–Crippen MR) is 69.3 cm³/mol. The molecule has 0 saturated heterocycles. The third-order valence-corrected chi connectivity index (χ3v) is 2.69. The maximum Gasteiger partial charge on any atom is 0.124 e. The average Bonchev–Trinajstić information content (AvgIpc) is 2.16. The summed E-state index contributed by atoms with van der Waals surface area (Å²) in [6, 6.07) is 4.99. The number of benzene rings is 1. The standard InChI is InChI=1S/C14H23NO/c1-10(2)15-7-6-13-8-11(3)14(16-5)12(4)9-13/h8-10,15H,6-7H2,1-5H3. The first-order valence-electron chi connectivity index (χ1n) is 5.92. The van der Waals surface area contributed by atoms with Crippen LogP contribution in [-0.2, 0) is 6.42 Å². The van der Waals surface area contributed by atoms with E-state index in [4.69, 9.17) is 4.74 Å². The Balaban J connectivity index is 2.68. The van der Waals surface area contributed by atoms with Crippen molar-refractivity contribution in [2.45, 2.75) is 40.2 Å². The smallest absolute Gasteiger partial charge is 0.124 e. The average molecular weight is 221 g/mol. The summed E-state index contributed by atoms with van der Waals surface area (Å²) in [5, 5.41) is 3.43. The SMILES string of the molecule is COc1c(C)cc(CCNC(C)C)cc1C. The van der Waals surface area contributed by atoms with Gasteiger partial charge in [-0.25, -0.2) is 0 Å². The fourth-order valence-corrected chi connectivity index (χ4v) is 2.01. The fraction of sp³-hybridized carbons (Fsp3) is 0.571. The molecule has 0 heterocycles. The van der Waals surface area contributed by atoms with Crippen LogP contribution in [0, 0.1) is 13.8 Å². The van der Waals surface area contributed by atoms with E-state index in [2.05, 4.69) is 45.1 Å². The van der Waals surface area contributed by atoms with E-state index in [9.17, 15) is 0 Å². The molecular formula is C14H23NO. The van der Waals surface area contributed by atoms with Crippen molar-refractivity contribution in [1.82, 2.24) is 5.32 Å². The molecule has 16 heavy (non-hydrogen) atoms. The van der Waals surface area contributed by atoms with Crippen LogP contribution >= 0.6 is 0 Å². The zero-order valence-electron chi connectivity index (χ0n) is 11.1. The minimum Gasteiger partial charge on any atom is -0.496 e. The van der Waals surface area contributed by atoms with Gasteiger partial charge >= 0.3 is 0 Å². The van der Waals surface area contributed by atoms with Crippen LogP contribution in [0.3, 0.4) is 0 Å². The lowest BCUT2D eigenvalue weighted by Crippen LogP contribution is -2.24. The molecule has 1 aromatic rings. The Hall–Kier alpha value is -1.02. The van der Waals surface area contributed by atoms with E-state index in [0.717, 1.165) is 18.7 Å². The van der Waals surface area contributed by atoms with Crippen LogP contribution in [0.5, 0.6) is 5.75 Å². The highest BCUT2D eigenvalue weighted by Crippen LogP contribution is 2.24. The van der Waals surface area contributed by atoms with Gasteiger partial charge in [0.05, 0.1) is 7.11 Å². The van der Waals surface area contributed by atoms with Gasteiger partial charge in [0.25, 0.3) is 0 Å². The maximum absolute atomic E-state index is 5.36. The second-order valence-electron chi connectivity index (χ2n) is 4.62. The second-order valence-corrected chi connectivity index (χ2v) is 4.62. The summed E-state index contributed by atoms with van der Waals surface area (Å²) < 4.78 is 5.36. The van der Waals surface area contributed by atoms with Gasteiger partial charge in [-0.05, 0) is 43.5 Å². The van der Waals surface area contributed by atoms with Crippen LogP contribution in [0.25, 0.3) is 0 Å². The third kappa shape index (κ3) is 3.53. The Morgan fingerprint density at radius 2 is 1.75 bits per heavy atom. The van der Waals surface area contributed by atoms with Crippen LogP contribution in [0.1, 0.15) is 30.5 Å². The largest absolute Gasteiger partial charge is 0.496 e. The zero-order chi connectivity index (χ0) is 12.1. The summed E-state index contributed by atoms with van der Waals surface area (Å²) in [5.74, 6) is 1.01. The molecule has 1 rings (SSSR count). The molecular weight excluding hydrogens is 198 g/mol. The molecule has 0 amide bonds. The van der Waals surface area contributed by atoms with Gasteiger partial charge in [0.15, 0.2) is 0 Å². The molecule has 1 N–H and O–H groups in total. The molecule has 0 atom stereocenters. The Labute approximate surface area is 99.0 Å². The van der Waals surface area contributed by atoms with Crippen LogP contribution in [0.2, 0.25) is 0 Å². The molecule has 0 aliphatic carbocycles. The maximum atomic E-state index is 5.36. The molecule has 0 bridgehead atoms. The Morgan fingerprint density at radius 3 is 2.19 bits per heavy atom. The van der Waals surface area contributed by atoms with Gasteiger partial charge in [0.1, 0.15) is 5.75 Å². The first kappa shape index (κ1) is 13.0. The number of nitrogens with one attached hydrogen (secondary N) is 1. The molecule has 0 aliphatic rings. The van der Waals surface area contributed by atoms with Gasteiger partial charge in [-0.2, -0.15) is 0 Å². The molecule has 2 nitrogen and oxygen atoms in total. The Kier molecular flexibility index (Phi) is 4.81. The normalized spacial score (nSPS) is 10.9. The van der Waals surface area contributed by atoms with E-state index in [1.54, 1.807) is 7.11 Å². The van der Waals surface area contributed by atoms with Crippen molar-refractivity contribution < 1.29 is 4.74 Å². The number of hydrogen-bond acceptors (Lipinski definition) is 2. The van der Waals surface area contributed by atoms with E-state index in [1.165, 1.54) is 16.7 Å². The number of methoxy groups -OCH3 is 1. The van der Waals surface area contributed by atoms with Gasteiger partial charge in [-0.1, -0.05) is 26.0 Å². The van der Waals surface area contributed by atoms with E-state index in [0.29, 0.717) is 6.04 Å². The lowest BCUT2D eigenvalue weighted by Gasteiger charge is -2.12. The van der Waals surface area contributed by atoms with E-state index in [1.807, 2.05) is 0 Å². The highest BCUT2D eigenvalue weighted by atomic mass is 16.5. The molecule has 0 fully saturated rings. The van der Waals surface area contributed by atoms with Gasteiger partial charge < -0.3 is 10.1 Å². The van der Waals surface area contributed by atoms with E-state index >= 15 is 0 Å². The van der Waals surface area contributed by atoms with Gasteiger partial charge in [0, 0.05) is 6.04 Å². The number of rotatable bonds is 5. The van der Waals surface area contributed by atoms with Crippen molar-refractivity contribution >= 4 is 0 Å². The van der Waals surface area contributed by atoms with Crippen LogP contribution in [0.4, 0.5) is 0 Å². The summed E-state index contributed by atoms with van der Waals surface area (Å²) in [6.45, 7) is 9.58. The van der Waals surface area contributed by atoms with Crippen molar-refractivity contribution in [3.8, 4) is 5.75 Å². The third-order valence-electron chi connectivity index (χ3n) is 2.69. The lowest BCUT2D eigenvalue weighted by atomic mass is 10.0. The summed E-state index contributed by atoms with van der Waals surface area (Å²) in [7, 11) is 1.73. The summed E-state index contributed by atoms with van der Waals surface area (Å²) in [6.07, 6.45) is 1.07. The molecule has 0 saturated carbocycles. The summed E-state index contributed by atoms with van der Waals surface area (Å²) in [4.78, 5) is 0. The molecule has 0 unspecified atom stereocenters. The van der Waals surface area contributed by atoms with E-state index in [-0.39, 0.29) is 0 Å². The summed E-state index contributed by atoms with van der Waals surface area (Å²) >= 11 is 0. The van der Waals surface area contributed by atoms with Crippen LogP contribution in [0.15, 0.2) is 12.1 Å². The highest BCUT2D eigenvalue weighted by Gasteiger charge is 2.05. The molecule has 1 aromatic carbocycles. The molecule has 0 aliphatic heterocycles. The second kappa shape index (κ2) is 5.90. The van der Waals surface area contributed by atoms with Crippen molar-refractivity contribution in [1.29, 1.82) is 0 Å². The monoisotopic (exact) mass is 221 g/mol. The first-order chi connectivity index (χ1) is 7.54. The van der Waals surface area contributed by atoms with Gasteiger partial charge in [-0.15, -0.1) is 0 Å².